The van der Waals surface area contributed by atoms with E-state index in [2.05, 4.69) is 9.97 Å². The number of rotatable bonds is 4. The van der Waals surface area contributed by atoms with Gasteiger partial charge in [-0.1, -0.05) is 0 Å². The third kappa shape index (κ3) is 3.00. The number of hydrogen-bond acceptors (Lipinski definition) is 5. The van der Waals surface area contributed by atoms with Crippen LogP contribution in [0.4, 0.5) is 0 Å². The molecule has 1 aliphatic heterocycles. The van der Waals surface area contributed by atoms with E-state index in [0.29, 0.717) is 6.61 Å². The van der Waals surface area contributed by atoms with Gasteiger partial charge in [0.2, 0.25) is 6.29 Å². The molecule has 1 saturated heterocycles. The monoisotopic (exact) mass is 238 g/mol. The predicted octanol–water partition coefficient (Wildman–Crippen LogP) is 1.66. The van der Waals surface area contributed by atoms with E-state index < -0.39 is 6.29 Å². The highest BCUT2D eigenvalue weighted by atomic mass is 16.7. The summed E-state index contributed by atoms with van der Waals surface area (Å²) in [6, 6.07) is 1.81. The Kier molecular flexibility index (Phi) is 4.42. The van der Waals surface area contributed by atoms with Gasteiger partial charge in [-0.25, -0.2) is 9.97 Å². The summed E-state index contributed by atoms with van der Waals surface area (Å²) in [5.41, 5.74) is 0.755. The summed E-state index contributed by atoms with van der Waals surface area (Å²) < 4.78 is 15.8. The van der Waals surface area contributed by atoms with Crippen molar-refractivity contribution in [2.24, 2.45) is 0 Å². The van der Waals surface area contributed by atoms with Gasteiger partial charge in [0, 0.05) is 32.9 Å². The lowest BCUT2D eigenvalue weighted by atomic mass is 10.0. The van der Waals surface area contributed by atoms with Crippen molar-refractivity contribution in [1.82, 2.24) is 9.97 Å². The van der Waals surface area contributed by atoms with Crippen molar-refractivity contribution in [2.45, 2.75) is 25.0 Å². The van der Waals surface area contributed by atoms with Crippen molar-refractivity contribution in [2.75, 3.05) is 27.4 Å². The summed E-state index contributed by atoms with van der Waals surface area (Å²) in [5, 5.41) is 0. The highest BCUT2D eigenvalue weighted by molar-refractivity contribution is 5.07. The van der Waals surface area contributed by atoms with E-state index in [-0.39, 0.29) is 5.92 Å². The minimum Gasteiger partial charge on any atom is -0.381 e. The molecule has 0 amide bonds. The highest BCUT2D eigenvalue weighted by Crippen LogP contribution is 2.23. The summed E-state index contributed by atoms with van der Waals surface area (Å²) in [5.74, 6) is 1.11. The van der Waals surface area contributed by atoms with Gasteiger partial charge in [0.25, 0.3) is 0 Å². The molecule has 94 valence electrons. The second-order valence-corrected chi connectivity index (χ2v) is 4.06. The van der Waals surface area contributed by atoms with Gasteiger partial charge in [-0.2, -0.15) is 0 Å². The first-order chi connectivity index (χ1) is 8.35. The fourth-order valence-corrected chi connectivity index (χ4v) is 2.00. The molecule has 1 unspecified atom stereocenters. The van der Waals surface area contributed by atoms with Gasteiger partial charge in [-0.3, -0.25) is 0 Å². The zero-order valence-electron chi connectivity index (χ0n) is 10.3. The predicted molar refractivity (Wildman–Crippen MR) is 61.6 cm³/mol. The molecule has 2 rings (SSSR count). The maximum Gasteiger partial charge on any atom is 0.200 e. The molecule has 1 aromatic heterocycles. The van der Waals surface area contributed by atoms with E-state index in [1.165, 1.54) is 0 Å². The van der Waals surface area contributed by atoms with E-state index >= 15 is 0 Å². The Bertz CT molecular complexity index is 349. The molecular weight excluding hydrogens is 220 g/mol. The highest BCUT2D eigenvalue weighted by Gasteiger charge is 2.20. The van der Waals surface area contributed by atoms with Crippen LogP contribution in [-0.2, 0) is 14.2 Å². The number of methoxy groups -OCH3 is 2. The molecule has 0 aliphatic carbocycles. The molecule has 0 spiro atoms. The first-order valence-electron chi connectivity index (χ1n) is 5.81. The lowest BCUT2D eigenvalue weighted by Crippen LogP contribution is -2.19. The van der Waals surface area contributed by atoms with Crippen LogP contribution in [-0.4, -0.2) is 37.4 Å². The molecule has 0 bridgehead atoms. The van der Waals surface area contributed by atoms with Crippen LogP contribution in [0.3, 0.4) is 0 Å². The smallest absolute Gasteiger partial charge is 0.200 e. The Hall–Kier alpha value is -1.04. The average molecular weight is 238 g/mol. The fourth-order valence-electron chi connectivity index (χ4n) is 2.00. The van der Waals surface area contributed by atoms with Crippen LogP contribution in [0.25, 0.3) is 0 Å². The first-order valence-corrected chi connectivity index (χ1v) is 5.81. The zero-order chi connectivity index (χ0) is 12.1. The lowest BCUT2D eigenvalue weighted by molar-refractivity contribution is -0.108. The molecule has 1 atom stereocenters. The molecule has 17 heavy (non-hydrogen) atoms. The van der Waals surface area contributed by atoms with Gasteiger partial charge in [0.15, 0.2) is 0 Å². The number of aromatic nitrogens is 2. The average Bonchev–Trinajstić information content (AvgIpc) is 2.42. The maximum atomic E-state index is 5.45. The van der Waals surface area contributed by atoms with Gasteiger partial charge >= 0.3 is 0 Å². The van der Waals surface area contributed by atoms with Gasteiger partial charge in [-0.05, 0) is 18.9 Å². The Morgan fingerprint density at radius 1 is 1.41 bits per heavy atom. The van der Waals surface area contributed by atoms with Crippen LogP contribution in [0.1, 0.15) is 36.6 Å². The Morgan fingerprint density at radius 3 is 2.88 bits per heavy atom. The maximum absolute atomic E-state index is 5.45. The summed E-state index contributed by atoms with van der Waals surface area (Å²) in [6.07, 6.45) is 3.46. The first kappa shape index (κ1) is 12.4. The third-order valence-corrected chi connectivity index (χ3v) is 2.89. The van der Waals surface area contributed by atoms with Crippen molar-refractivity contribution in [3.05, 3.63) is 23.8 Å². The second-order valence-electron chi connectivity index (χ2n) is 4.06. The third-order valence-electron chi connectivity index (χ3n) is 2.89. The minimum atomic E-state index is -0.429. The topological polar surface area (TPSA) is 53.5 Å². The Balaban J connectivity index is 2.15. The van der Waals surface area contributed by atoms with Crippen molar-refractivity contribution >= 4 is 0 Å². The second kappa shape index (κ2) is 6.05. The van der Waals surface area contributed by atoms with Crippen LogP contribution in [0.2, 0.25) is 0 Å². The van der Waals surface area contributed by atoms with Gasteiger partial charge in [-0.15, -0.1) is 0 Å². The molecule has 0 saturated carbocycles. The molecule has 5 heteroatoms. The van der Waals surface area contributed by atoms with Gasteiger partial charge in [0.05, 0.1) is 12.3 Å². The molecule has 1 aliphatic rings. The largest absolute Gasteiger partial charge is 0.381 e. The quantitative estimate of drug-likeness (QED) is 0.747. The van der Waals surface area contributed by atoms with E-state index in [4.69, 9.17) is 14.2 Å². The normalized spacial score (nSPS) is 20.8. The van der Waals surface area contributed by atoms with Crippen molar-refractivity contribution in [3.63, 3.8) is 0 Å². The Labute approximate surface area is 101 Å². The van der Waals surface area contributed by atoms with Crippen LogP contribution in [0.5, 0.6) is 0 Å². The fraction of sp³-hybridized carbons (Fsp3) is 0.667. The van der Waals surface area contributed by atoms with Crippen molar-refractivity contribution < 1.29 is 14.2 Å². The van der Waals surface area contributed by atoms with Crippen molar-refractivity contribution in [3.8, 4) is 0 Å². The summed E-state index contributed by atoms with van der Waals surface area (Å²) in [7, 11) is 3.19. The van der Waals surface area contributed by atoms with Crippen LogP contribution < -0.4 is 0 Å². The number of hydrogen-bond donors (Lipinski definition) is 0. The van der Waals surface area contributed by atoms with Gasteiger partial charge < -0.3 is 14.2 Å². The Morgan fingerprint density at radius 2 is 2.24 bits per heavy atom. The summed E-state index contributed by atoms with van der Waals surface area (Å²) in [4.78, 5) is 8.81. The zero-order valence-corrected chi connectivity index (χ0v) is 10.3. The molecular formula is C12H18N2O3. The summed E-state index contributed by atoms with van der Waals surface area (Å²) in [6.45, 7) is 1.54. The molecule has 5 nitrogen and oxygen atoms in total. The molecule has 0 N–H and O–H groups in total. The number of nitrogens with zero attached hydrogens (tertiary/aromatic N) is 2. The SMILES string of the molecule is COC(OC)c1ccnc(C2CCCOC2)n1. The standard InChI is InChI=1S/C12H18N2O3/c1-15-12(16-2)10-5-6-13-11(14-10)9-4-3-7-17-8-9/h5-6,9,12H,3-4,7-8H2,1-2H3. The van der Waals surface area contributed by atoms with E-state index in [0.717, 1.165) is 31.0 Å². The lowest BCUT2D eigenvalue weighted by Gasteiger charge is -2.21. The van der Waals surface area contributed by atoms with Crippen LogP contribution in [0.15, 0.2) is 12.3 Å². The molecule has 2 heterocycles. The van der Waals surface area contributed by atoms with Gasteiger partial charge in [0.1, 0.15) is 5.82 Å². The van der Waals surface area contributed by atoms with Crippen LogP contribution in [0, 0.1) is 0 Å². The van der Waals surface area contributed by atoms with E-state index in [1.54, 1.807) is 20.4 Å². The van der Waals surface area contributed by atoms with E-state index in [1.807, 2.05) is 6.07 Å². The van der Waals surface area contributed by atoms with Crippen molar-refractivity contribution in [1.29, 1.82) is 0 Å². The minimum absolute atomic E-state index is 0.290. The number of ether oxygens (including phenoxy) is 3. The molecule has 0 aromatic carbocycles. The molecule has 0 radical (unpaired) electrons. The van der Waals surface area contributed by atoms with E-state index in [9.17, 15) is 0 Å². The van der Waals surface area contributed by atoms with Crippen LogP contribution >= 0.6 is 0 Å². The molecule has 1 aromatic rings. The summed E-state index contributed by atoms with van der Waals surface area (Å²) >= 11 is 0. The molecule has 1 fully saturated rings.